The zero-order chi connectivity index (χ0) is 10.8. The Balaban J connectivity index is 2.72. The van der Waals surface area contributed by atoms with E-state index in [4.69, 9.17) is 4.74 Å². The molecule has 1 aliphatic rings. The van der Waals surface area contributed by atoms with Gasteiger partial charge in [0.25, 0.3) is 0 Å². The van der Waals surface area contributed by atoms with Crippen molar-refractivity contribution in [2.75, 3.05) is 21.2 Å². The van der Waals surface area contributed by atoms with Crippen LogP contribution in [0.4, 0.5) is 0 Å². The minimum absolute atomic E-state index is 0.0235. The van der Waals surface area contributed by atoms with Crippen LogP contribution in [-0.4, -0.2) is 38.1 Å². The molecule has 0 heterocycles. The first kappa shape index (κ1) is 11.5. The van der Waals surface area contributed by atoms with Crippen LogP contribution < -0.4 is 0 Å². The second-order valence-corrected chi connectivity index (χ2v) is 4.42. The summed E-state index contributed by atoms with van der Waals surface area (Å²) in [6.45, 7) is 2.16. The molecule has 0 aromatic carbocycles. The molecule has 0 radical (unpaired) electrons. The first-order valence-corrected chi connectivity index (χ1v) is 5.33. The first-order valence-electron chi connectivity index (χ1n) is 5.33. The average Bonchev–Trinajstić information content (AvgIpc) is 2.93. The van der Waals surface area contributed by atoms with E-state index in [0.29, 0.717) is 6.04 Å². The Labute approximate surface area is 86.4 Å². The van der Waals surface area contributed by atoms with Gasteiger partial charge in [-0.2, -0.15) is 0 Å². The largest absolute Gasteiger partial charge is 0.469 e. The molecule has 1 aliphatic carbocycles. The molecule has 0 spiro atoms. The van der Waals surface area contributed by atoms with E-state index in [1.54, 1.807) is 0 Å². The number of esters is 1. The Bertz CT molecular complexity index is 209. The monoisotopic (exact) mass is 199 g/mol. The predicted octanol–water partition coefficient (Wildman–Crippen LogP) is 1.67. The van der Waals surface area contributed by atoms with E-state index < -0.39 is 0 Å². The standard InChI is InChI=1S/C11H21NO2/c1-5-6-9(12(2)3)11(7-8-11)10(13)14-4/h9H,5-8H2,1-4H3. The van der Waals surface area contributed by atoms with E-state index in [1.165, 1.54) is 7.11 Å². The lowest BCUT2D eigenvalue weighted by molar-refractivity contribution is -0.149. The molecule has 0 saturated heterocycles. The predicted molar refractivity (Wildman–Crippen MR) is 56.1 cm³/mol. The molecular formula is C11H21NO2. The van der Waals surface area contributed by atoms with Crippen molar-refractivity contribution in [1.29, 1.82) is 0 Å². The van der Waals surface area contributed by atoms with Gasteiger partial charge in [-0.05, 0) is 33.4 Å². The van der Waals surface area contributed by atoms with E-state index in [2.05, 4.69) is 11.8 Å². The maximum atomic E-state index is 11.7. The quantitative estimate of drug-likeness (QED) is 0.631. The maximum Gasteiger partial charge on any atom is 0.313 e. The van der Waals surface area contributed by atoms with E-state index in [1.807, 2.05) is 14.1 Å². The zero-order valence-electron chi connectivity index (χ0n) is 9.67. The van der Waals surface area contributed by atoms with Gasteiger partial charge in [0, 0.05) is 6.04 Å². The van der Waals surface area contributed by atoms with Gasteiger partial charge >= 0.3 is 5.97 Å². The van der Waals surface area contributed by atoms with Gasteiger partial charge in [-0.3, -0.25) is 4.79 Å². The molecule has 14 heavy (non-hydrogen) atoms. The van der Waals surface area contributed by atoms with Crippen LogP contribution in [0.1, 0.15) is 32.6 Å². The highest BCUT2D eigenvalue weighted by molar-refractivity contribution is 5.80. The van der Waals surface area contributed by atoms with Gasteiger partial charge in [0.1, 0.15) is 0 Å². The van der Waals surface area contributed by atoms with Crippen molar-refractivity contribution in [1.82, 2.24) is 4.90 Å². The van der Waals surface area contributed by atoms with E-state index in [0.717, 1.165) is 25.7 Å². The van der Waals surface area contributed by atoms with Crippen LogP contribution in [0.2, 0.25) is 0 Å². The second kappa shape index (κ2) is 4.30. The van der Waals surface area contributed by atoms with Gasteiger partial charge in [-0.25, -0.2) is 0 Å². The highest BCUT2D eigenvalue weighted by atomic mass is 16.5. The summed E-state index contributed by atoms with van der Waals surface area (Å²) in [5.74, 6) is -0.0235. The summed E-state index contributed by atoms with van der Waals surface area (Å²) in [6, 6.07) is 0.347. The zero-order valence-corrected chi connectivity index (χ0v) is 9.67. The third-order valence-electron chi connectivity index (χ3n) is 3.20. The van der Waals surface area contributed by atoms with Crippen LogP contribution in [-0.2, 0) is 9.53 Å². The number of methoxy groups -OCH3 is 1. The van der Waals surface area contributed by atoms with Crippen molar-refractivity contribution < 1.29 is 9.53 Å². The van der Waals surface area contributed by atoms with Crippen LogP contribution in [0, 0.1) is 5.41 Å². The third kappa shape index (κ3) is 1.92. The van der Waals surface area contributed by atoms with Crippen molar-refractivity contribution in [3.63, 3.8) is 0 Å². The smallest absolute Gasteiger partial charge is 0.313 e. The fourth-order valence-corrected chi connectivity index (χ4v) is 2.31. The summed E-state index contributed by atoms with van der Waals surface area (Å²) in [7, 11) is 5.58. The topological polar surface area (TPSA) is 29.5 Å². The molecule has 3 heteroatoms. The van der Waals surface area contributed by atoms with Gasteiger partial charge in [0.2, 0.25) is 0 Å². The number of carbonyl (C=O) groups is 1. The van der Waals surface area contributed by atoms with Crippen LogP contribution in [0.5, 0.6) is 0 Å². The lowest BCUT2D eigenvalue weighted by atomic mass is 9.92. The summed E-state index contributed by atoms with van der Waals surface area (Å²) in [6.07, 6.45) is 4.16. The van der Waals surface area contributed by atoms with Crippen molar-refractivity contribution in [3.8, 4) is 0 Å². The number of carbonyl (C=O) groups excluding carboxylic acids is 1. The van der Waals surface area contributed by atoms with Gasteiger partial charge < -0.3 is 9.64 Å². The van der Waals surface area contributed by atoms with Crippen molar-refractivity contribution in [2.24, 2.45) is 5.41 Å². The van der Waals surface area contributed by atoms with Gasteiger partial charge in [-0.1, -0.05) is 13.3 Å². The normalized spacial score (nSPS) is 20.6. The molecule has 1 fully saturated rings. The van der Waals surface area contributed by atoms with Crippen LogP contribution in [0.3, 0.4) is 0 Å². The van der Waals surface area contributed by atoms with E-state index in [9.17, 15) is 4.79 Å². The summed E-state index contributed by atoms with van der Waals surface area (Å²) in [5, 5.41) is 0. The Morgan fingerprint density at radius 1 is 1.50 bits per heavy atom. The van der Waals surface area contributed by atoms with Crippen molar-refractivity contribution >= 4 is 5.97 Å². The minimum atomic E-state index is -0.186. The van der Waals surface area contributed by atoms with Crippen LogP contribution in [0.15, 0.2) is 0 Å². The number of ether oxygens (including phenoxy) is 1. The molecule has 82 valence electrons. The highest BCUT2D eigenvalue weighted by Gasteiger charge is 2.56. The molecule has 1 unspecified atom stereocenters. The molecule has 0 aromatic rings. The molecule has 0 bridgehead atoms. The SMILES string of the molecule is CCCC(N(C)C)C1(C(=O)OC)CC1. The Kier molecular flexibility index (Phi) is 3.53. The van der Waals surface area contributed by atoms with Crippen molar-refractivity contribution in [2.45, 2.75) is 38.6 Å². The first-order chi connectivity index (χ1) is 6.58. The Hall–Kier alpha value is -0.570. The molecule has 1 rings (SSSR count). The summed E-state index contributed by atoms with van der Waals surface area (Å²) >= 11 is 0. The lowest BCUT2D eigenvalue weighted by Crippen LogP contribution is -2.41. The van der Waals surface area contributed by atoms with Gasteiger partial charge in [0.05, 0.1) is 12.5 Å². The third-order valence-corrected chi connectivity index (χ3v) is 3.20. The number of nitrogens with zero attached hydrogens (tertiary/aromatic N) is 1. The minimum Gasteiger partial charge on any atom is -0.469 e. The summed E-state index contributed by atoms with van der Waals surface area (Å²) in [5.41, 5.74) is -0.186. The number of hydrogen-bond acceptors (Lipinski definition) is 3. The molecular weight excluding hydrogens is 178 g/mol. The Morgan fingerprint density at radius 2 is 2.07 bits per heavy atom. The lowest BCUT2D eigenvalue weighted by Gasteiger charge is -2.30. The van der Waals surface area contributed by atoms with E-state index in [-0.39, 0.29) is 11.4 Å². The molecule has 1 saturated carbocycles. The number of hydrogen-bond donors (Lipinski definition) is 0. The molecule has 0 amide bonds. The summed E-state index contributed by atoms with van der Waals surface area (Å²) < 4.78 is 4.89. The Morgan fingerprint density at radius 3 is 2.36 bits per heavy atom. The maximum absolute atomic E-state index is 11.7. The number of rotatable bonds is 5. The fraction of sp³-hybridized carbons (Fsp3) is 0.909. The fourth-order valence-electron chi connectivity index (χ4n) is 2.31. The van der Waals surface area contributed by atoms with Crippen molar-refractivity contribution in [3.05, 3.63) is 0 Å². The van der Waals surface area contributed by atoms with Gasteiger partial charge in [-0.15, -0.1) is 0 Å². The van der Waals surface area contributed by atoms with E-state index >= 15 is 0 Å². The molecule has 0 N–H and O–H groups in total. The average molecular weight is 199 g/mol. The molecule has 0 aromatic heterocycles. The molecule has 0 aliphatic heterocycles. The molecule has 3 nitrogen and oxygen atoms in total. The van der Waals surface area contributed by atoms with Crippen LogP contribution >= 0.6 is 0 Å². The second-order valence-electron chi connectivity index (χ2n) is 4.42. The summed E-state index contributed by atoms with van der Waals surface area (Å²) in [4.78, 5) is 13.8. The van der Waals surface area contributed by atoms with Gasteiger partial charge in [0.15, 0.2) is 0 Å². The highest BCUT2D eigenvalue weighted by Crippen LogP contribution is 2.52. The molecule has 1 atom stereocenters. The van der Waals surface area contributed by atoms with Crippen LogP contribution in [0.25, 0.3) is 0 Å².